The van der Waals surface area contributed by atoms with Crippen molar-refractivity contribution in [3.8, 4) is 0 Å². The largest absolute Gasteiger partial charge is 0.451 e. The molecule has 3 aromatic rings. The van der Waals surface area contributed by atoms with Gasteiger partial charge in [-0.3, -0.25) is 9.59 Å². The monoisotopic (exact) mass is 419 g/mol. The molecule has 0 saturated carbocycles. The zero-order valence-electron chi connectivity index (χ0n) is 15.3. The summed E-state index contributed by atoms with van der Waals surface area (Å²) >= 11 is 6.91. The van der Waals surface area contributed by atoms with E-state index < -0.39 is 18.5 Å². The van der Waals surface area contributed by atoms with Crippen LogP contribution in [-0.4, -0.2) is 35.0 Å². The molecule has 0 aliphatic carbocycles. The van der Waals surface area contributed by atoms with Gasteiger partial charge in [-0.1, -0.05) is 23.7 Å². The van der Waals surface area contributed by atoms with Crippen molar-refractivity contribution in [3.05, 3.63) is 61.5 Å². The number of fused-ring (bicyclic) bond motifs is 1. The highest BCUT2D eigenvalue weighted by atomic mass is 35.5. The van der Waals surface area contributed by atoms with Crippen LogP contribution in [0.25, 0.3) is 10.2 Å². The van der Waals surface area contributed by atoms with Gasteiger partial charge >= 0.3 is 5.97 Å². The van der Waals surface area contributed by atoms with Gasteiger partial charge in [0, 0.05) is 11.6 Å². The van der Waals surface area contributed by atoms with Crippen LogP contribution >= 0.6 is 22.9 Å². The van der Waals surface area contributed by atoms with Crippen LogP contribution in [0.4, 0.5) is 0 Å². The van der Waals surface area contributed by atoms with E-state index in [1.807, 2.05) is 12.1 Å². The Labute approximate surface area is 169 Å². The number of ether oxygens (including phenoxy) is 1. The molecule has 146 valence electrons. The first-order chi connectivity index (χ1) is 13.3. The highest BCUT2D eigenvalue weighted by Crippen LogP contribution is 2.27. The van der Waals surface area contributed by atoms with E-state index in [9.17, 15) is 14.4 Å². The van der Waals surface area contributed by atoms with Crippen molar-refractivity contribution in [2.24, 2.45) is 0 Å². The van der Waals surface area contributed by atoms with Crippen molar-refractivity contribution < 1.29 is 14.3 Å². The lowest BCUT2D eigenvalue weighted by Crippen LogP contribution is -2.30. The number of H-pyrrole nitrogens is 1. The average molecular weight is 420 g/mol. The van der Waals surface area contributed by atoms with Gasteiger partial charge in [0.25, 0.3) is 11.5 Å². The third-order valence-corrected chi connectivity index (χ3v) is 5.51. The first kappa shape index (κ1) is 20.0. The molecular formula is C19H18ClN3O4S. The van der Waals surface area contributed by atoms with E-state index in [-0.39, 0.29) is 10.4 Å². The van der Waals surface area contributed by atoms with Crippen molar-refractivity contribution in [2.75, 3.05) is 13.2 Å². The molecule has 0 spiro atoms. The van der Waals surface area contributed by atoms with E-state index in [1.165, 1.54) is 0 Å². The van der Waals surface area contributed by atoms with Gasteiger partial charge in [-0.05, 0) is 43.5 Å². The van der Waals surface area contributed by atoms with Gasteiger partial charge in [0.05, 0.1) is 5.39 Å². The molecule has 0 aliphatic rings. The summed E-state index contributed by atoms with van der Waals surface area (Å²) in [7, 11) is 0. The number of aromatic amines is 1. The molecule has 28 heavy (non-hydrogen) atoms. The fraction of sp³-hybridized carbons (Fsp3) is 0.263. The van der Waals surface area contributed by atoms with Crippen LogP contribution in [0.1, 0.15) is 26.6 Å². The van der Waals surface area contributed by atoms with Crippen molar-refractivity contribution >= 4 is 45.0 Å². The van der Waals surface area contributed by atoms with Crippen molar-refractivity contribution in [1.82, 2.24) is 15.3 Å². The highest BCUT2D eigenvalue weighted by Gasteiger charge is 2.20. The number of hydrogen-bond donors (Lipinski definition) is 2. The molecule has 9 heteroatoms. The lowest BCUT2D eigenvalue weighted by Gasteiger charge is -2.06. The van der Waals surface area contributed by atoms with Crippen molar-refractivity contribution in [1.29, 1.82) is 0 Å². The van der Waals surface area contributed by atoms with E-state index in [0.29, 0.717) is 39.6 Å². The Kier molecular flexibility index (Phi) is 6.11. The van der Waals surface area contributed by atoms with Crippen LogP contribution in [0.15, 0.2) is 29.1 Å². The third-order valence-electron chi connectivity index (χ3n) is 4.09. The van der Waals surface area contributed by atoms with Gasteiger partial charge in [0.1, 0.15) is 15.5 Å². The number of nitrogens with one attached hydrogen (secondary N) is 2. The van der Waals surface area contributed by atoms with Crippen LogP contribution in [0.5, 0.6) is 0 Å². The maximum absolute atomic E-state index is 12.3. The highest BCUT2D eigenvalue weighted by molar-refractivity contribution is 7.20. The smallest absolute Gasteiger partial charge is 0.349 e. The standard InChI is InChI=1S/C19H18ClN3O4S/c1-10-15-17(25)22-11(2)23-18(15)28-16(10)19(26)27-9-14(24)21-8-7-12-3-5-13(20)6-4-12/h3-6H,7-9H2,1-2H3,(H,21,24)(H,22,23,25). The van der Waals surface area contributed by atoms with E-state index >= 15 is 0 Å². The SMILES string of the molecule is Cc1nc2sc(C(=O)OCC(=O)NCCc3ccc(Cl)cc3)c(C)c2c(=O)[nH]1. The predicted molar refractivity (Wildman–Crippen MR) is 108 cm³/mol. The summed E-state index contributed by atoms with van der Waals surface area (Å²) in [6.07, 6.45) is 0.639. The number of hydrogen-bond acceptors (Lipinski definition) is 6. The number of aryl methyl sites for hydroxylation is 2. The molecule has 2 heterocycles. The third kappa shape index (κ3) is 4.58. The van der Waals surface area contributed by atoms with Crippen LogP contribution in [0.2, 0.25) is 5.02 Å². The van der Waals surface area contributed by atoms with Gasteiger partial charge in [0.2, 0.25) is 0 Å². The number of carbonyl (C=O) groups excluding carboxylic acids is 2. The molecule has 1 aromatic carbocycles. The minimum Gasteiger partial charge on any atom is -0.451 e. The number of thiophene rings is 1. The molecule has 0 fully saturated rings. The Hall–Kier alpha value is -2.71. The molecule has 3 rings (SSSR count). The number of amides is 1. The van der Waals surface area contributed by atoms with Crippen LogP contribution in [0, 0.1) is 13.8 Å². The second-order valence-corrected chi connectivity index (χ2v) is 7.63. The van der Waals surface area contributed by atoms with Crippen molar-refractivity contribution in [3.63, 3.8) is 0 Å². The number of benzene rings is 1. The minimum atomic E-state index is -0.648. The first-order valence-corrected chi connectivity index (χ1v) is 9.73. The van der Waals surface area contributed by atoms with E-state index in [1.54, 1.807) is 26.0 Å². The molecule has 1 amide bonds. The number of aromatic nitrogens is 2. The minimum absolute atomic E-state index is 0.271. The topological polar surface area (TPSA) is 101 Å². The normalized spacial score (nSPS) is 10.8. The summed E-state index contributed by atoms with van der Waals surface area (Å²) in [5.74, 6) is -0.572. The summed E-state index contributed by atoms with van der Waals surface area (Å²) in [5.41, 5.74) is 1.24. The fourth-order valence-electron chi connectivity index (χ4n) is 2.69. The van der Waals surface area contributed by atoms with E-state index in [2.05, 4.69) is 15.3 Å². The van der Waals surface area contributed by atoms with Crippen molar-refractivity contribution in [2.45, 2.75) is 20.3 Å². The molecule has 0 aliphatic heterocycles. The molecule has 0 atom stereocenters. The lowest BCUT2D eigenvalue weighted by atomic mass is 10.1. The number of rotatable bonds is 6. The summed E-state index contributed by atoms with van der Waals surface area (Å²) in [6.45, 7) is 3.35. The van der Waals surface area contributed by atoms with Crippen LogP contribution in [0.3, 0.4) is 0 Å². The molecular weight excluding hydrogens is 402 g/mol. The lowest BCUT2D eigenvalue weighted by molar-refractivity contribution is -0.124. The number of carbonyl (C=O) groups is 2. The van der Waals surface area contributed by atoms with Crippen LogP contribution < -0.4 is 10.9 Å². The summed E-state index contributed by atoms with van der Waals surface area (Å²) in [6, 6.07) is 7.34. The first-order valence-electron chi connectivity index (χ1n) is 8.53. The summed E-state index contributed by atoms with van der Waals surface area (Å²) < 4.78 is 5.09. The maximum atomic E-state index is 12.3. The fourth-order valence-corrected chi connectivity index (χ4v) is 3.94. The second kappa shape index (κ2) is 8.53. The Morgan fingerprint density at radius 1 is 1.25 bits per heavy atom. The summed E-state index contributed by atoms with van der Waals surface area (Å²) in [4.78, 5) is 43.9. The predicted octanol–water partition coefficient (Wildman–Crippen LogP) is 2.77. The van der Waals surface area contributed by atoms with Gasteiger partial charge in [-0.2, -0.15) is 0 Å². The molecule has 0 radical (unpaired) electrons. The molecule has 2 N–H and O–H groups in total. The Morgan fingerprint density at radius 2 is 1.96 bits per heavy atom. The Morgan fingerprint density at radius 3 is 2.68 bits per heavy atom. The number of nitrogens with zero attached hydrogens (tertiary/aromatic N) is 1. The maximum Gasteiger partial charge on any atom is 0.349 e. The molecule has 0 bridgehead atoms. The van der Waals surface area contributed by atoms with Crippen LogP contribution in [-0.2, 0) is 16.0 Å². The molecule has 0 saturated heterocycles. The number of halogens is 1. The zero-order chi connectivity index (χ0) is 20.3. The van der Waals surface area contributed by atoms with Gasteiger partial charge < -0.3 is 15.0 Å². The van der Waals surface area contributed by atoms with E-state index in [0.717, 1.165) is 16.9 Å². The second-order valence-electron chi connectivity index (χ2n) is 6.19. The molecule has 2 aromatic heterocycles. The molecule has 0 unspecified atom stereocenters. The van der Waals surface area contributed by atoms with Gasteiger partial charge in [-0.25, -0.2) is 9.78 Å². The van der Waals surface area contributed by atoms with E-state index in [4.69, 9.17) is 16.3 Å². The summed E-state index contributed by atoms with van der Waals surface area (Å²) in [5, 5.41) is 3.72. The zero-order valence-corrected chi connectivity index (χ0v) is 16.9. The Balaban J connectivity index is 1.55. The quantitative estimate of drug-likeness (QED) is 0.598. The van der Waals surface area contributed by atoms with Gasteiger partial charge in [-0.15, -0.1) is 11.3 Å². The average Bonchev–Trinajstić information content (AvgIpc) is 2.98. The number of esters is 1. The Bertz CT molecular complexity index is 1090. The molecule has 7 nitrogen and oxygen atoms in total. The van der Waals surface area contributed by atoms with Gasteiger partial charge in [0.15, 0.2) is 6.61 Å².